The van der Waals surface area contributed by atoms with Crippen LogP contribution in [-0.2, 0) is 4.74 Å². The fourth-order valence-electron chi connectivity index (χ4n) is 5.03. The van der Waals surface area contributed by atoms with Crippen LogP contribution in [0.4, 0.5) is 10.5 Å². The van der Waals surface area contributed by atoms with Crippen LogP contribution < -0.4 is 14.4 Å². The zero-order valence-electron chi connectivity index (χ0n) is 17.6. The van der Waals surface area contributed by atoms with Crippen LogP contribution in [0.2, 0.25) is 5.02 Å². The highest BCUT2D eigenvalue weighted by atomic mass is 35.5. The molecule has 3 aliphatic heterocycles. The Morgan fingerprint density at radius 3 is 2.59 bits per heavy atom. The molecule has 4 heterocycles. The first-order valence-electron chi connectivity index (χ1n) is 11.0. The summed E-state index contributed by atoms with van der Waals surface area (Å²) in [6.07, 6.45) is 3.86. The van der Waals surface area contributed by atoms with Gasteiger partial charge in [0.1, 0.15) is 6.10 Å². The van der Waals surface area contributed by atoms with Crippen LogP contribution in [0.25, 0.3) is 10.9 Å². The van der Waals surface area contributed by atoms with E-state index in [2.05, 4.69) is 22.1 Å². The second-order valence-electron chi connectivity index (χ2n) is 8.66. The van der Waals surface area contributed by atoms with Gasteiger partial charge in [0.25, 0.3) is 0 Å². The number of fused-ring (bicyclic) bond motifs is 2. The molecule has 7 nitrogen and oxygen atoms in total. The molecule has 2 fully saturated rings. The summed E-state index contributed by atoms with van der Waals surface area (Å²) >= 11 is 5.96. The third-order valence-corrected chi connectivity index (χ3v) is 6.96. The van der Waals surface area contributed by atoms with Crippen LogP contribution in [0.3, 0.4) is 0 Å². The fourth-order valence-corrected chi connectivity index (χ4v) is 5.16. The number of carbonyl (C=O) groups excluding carboxylic acids is 1. The highest BCUT2D eigenvalue weighted by molar-refractivity contribution is 6.30. The third-order valence-electron chi connectivity index (χ3n) is 6.71. The van der Waals surface area contributed by atoms with E-state index in [1.54, 1.807) is 17.0 Å². The Kier molecular flexibility index (Phi) is 4.88. The standard InChI is InChI=1S/C24H24ClN3O4/c25-16-1-3-17(4-2-16)28-13-18(32-24(28)29)12-27-7-5-15(6-8-27)20-11-26-21-10-23-22(9-19(20)21)30-14-31-23/h1-4,9-11,15,18,26H,5-8,12-14H2/t18-/m0/s1. The SMILES string of the molecule is O=C1O[C@@H](CN2CCC(c3c[nH]c4cc5c(cc34)OCO5)CC2)CN1c1ccc(Cl)cc1. The van der Waals surface area contributed by atoms with Crippen LogP contribution in [0.5, 0.6) is 11.5 Å². The van der Waals surface area contributed by atoms with Crippen molar-refractivity contribution in [2.75, 3.05) is 37.9 Å². The molecule has 1 atom stereocenters. The van der Waals surface area contributed by atoms with Crippen molar-refractivity contribution in [3.8, 4) is 11.5 Å². The van der Waals surface area contributed by atoms with E-state index in [0.717, 1.165) is 55.2 Å². The number of aromatic nitrogens is 1. The summed E-state index contributed by atoms with van der Waals surface area (Å²) < 4.78 is 16.7. The lowest BCUT2D eigenvalue weighted by Crippen LogP contribution is -2.39. The molecule has 2 saturated heterocycles. The van der Waals surface area contributed by atoms with Crippen LogP contribution in [0, 0.1) is 0 Å². The van der Waals surface area contributed by atoms with Crippen molar-refractivity contribution >= 4 is 34.3 Å². The van der Waals surface area contributed by atoms with Crippen LogP contribution in [0.15, 0.2) is 42.6 Å². The predicted octanol–water partition coefficient (Wildman–Crippen LogP) is 4.75. The number of likely N-dealkylation sites (tertiary alicyclic amines) is 1. The van der Waals surface area contributed by atoms with Gasteiger partial charge < -0.3 is 19.2 Å². The number of amides is 1. The number of halogens is 1. The van der Waals surface area contributed by atoms with Gasteiger partial charge in [-0.05, 0) is 67.7 Å². The van der Waals surface area contributed by atoms with E-state index in [4.69, 9.17) is 25.8 Å². The van der Waals surface area contributed by atoms with Crippen molar-refractivity contribution < 1.29 is 19.0 Å². The number of benzene rings is 2. The van der Waals surface area contributed by atoms with Gasteiger partial charge in [0, 0.05) is 40.4 Å². The molecule has 0 unspecified atom stereocenters. The van der Waals surface area contributed by atoms with Gasteiger partial charge in [-0.1, -0.05) is 11.6 Å². The number of hydrogen-bond donors (Lipinski definition) is 1. The monoisotopic (exact) mass is 453 g/mol. The quantitative estimate of drug-likeness (QED) is 0.617. The summed E-state index contributed by atoms with van der Waals surface area (Å²) in [4.78, 5) is 19.8. The summed E-state index contributed by atoms with van der Waals surface area (Å²) in [6, 6.07) is 11.4. The number of carbonyl (C=O) groups is 1. The molecule has 32 heavy (non-hydrogen) atoms. The van der Waals surface area contributed by atoms with Crippen LogP contribution in [0.1, 0.15) is 24.3 Å². The molecule has 0 aliphatic carbocycles. The smallest absolute Gasteiger partial charge is 0.414 e. The van der Waals surface area contributed by atoms with Gasteiger partial charge in [0.05, 0.1) is 6.54 Å². The van der Waals surface area contributed by atoms with Crippen molar-refractivity contribution in [3.05, 3.63) is 53.2 Å². The Hall–Kier alpha value is -2.90. The molecular formula is C24H24ClN3O4. The number of H-pyrrole nitrogens is 1. The van der Waals surface area contributed by atoms with Crippen molar-refractivity contribution in [2.45, 2.75) is 24.9 Å². The number of cyclic esters (lactones) is 1. The fraction of sp³-hybridized carbons (Fsp3) is 0.375. The van der Waals surface area contributed by atoms with Crippen molar-refractivity contribution in [2.24, 2.45) is 0 Å². The molecule has 3 aliphatic rings. The van der Waals surface area contributed by atoms with Gasteiger partial charge >= 0.3 is 6.09 Å². The summed E-state index contributed by atoms with van der Waals surface area (Å²) in [5, 5.41) is 1.87. The van der Waals surface area contributed by atoms with E-state index < -0.39 is 0 Å². The second-order valence-corrected chi connectivity index (χ2v) is 9.10. The van der Waals surface area contributed by atoms with E-state index >= 15 is 0 Å². The number of nitrogens with zero attached hydrogens (tertiary/aromatic N) is 2. The molecule has 0 radical (unpaired) electrons. The highest BCUT2D eigenvalue weighted by Crippen LogP contribution is 2.40. The molecular weight excluding hydrogens is 430 g/mol. The molecule has 1 aromatic heterocycles. The first-order chi connectivity index (χ1) is 15.6. The molecule has 1 amide bonds. The molecule has 166 valence electrons. The average molecular weight is 454 g/mol. The molecule has 0 saturated carbocycles. The van der Waals surface area contributed by atoms with Gasteiger partial charge in [-0.25, -0.2) is 4.79 Å². The maximum atomic E-state index is 12.4. The number of anilines is 1. The number of piperidine rings is 1. The molecule has 2 aromatic carbocycles. The molecule has 0 spiro atoms. The van der Waals surface area contributed by atoms with Crippen molar-refractivity contribution in [3.63, 3.8) is 0 Å². The number of hydrogen-bond acceptors (Lipinski definition) is 5. The predicted molar refractivity (Wildman–Crippen MR) is 122 cm³/mol. The normalized spacial score (nSPS) is 21.5. The Morgan fingerprint density at radius 2 is 1.81 bits per heavy atom. The van der Waals surface area contributed by atoms with Crippen LogP contribution in [-0.4, -0.2) is 55.1 Å². The van der Waals surface area contributed by atoms with Crippen LogP contribution >= 0.6 is 11.6 Å². The van der Waals surface area contributed by atoms with Gasteiger partial charge in [-0.3, -0.25) is 9.80 Å². The zero-order valence-corrected chi connectivity index (χ0v) is 18.3. The van der Waals surface area contributed by atoms with Gasteiger partial charge in [-0.2, -0.15) is 0 Å². The van der Waals surface area contributed by atoms with Gasteiger partial charge in [0.2, 0.25) is 6.79 Å². The van der Waals surface area contributed by atoms with E-state index in [1.807, 2.05) is 18.2 Å². The molecule has 6 rings (SSSR count). The van der Waals surface area contributed by atoms with E-state index in [-0.39, 0.29) is 19.0 Å². The Bertz CT molecular complexity index is 1150. The molecule has 1 N–H and O–H groups in total. The van der Waals surface area contributed by atoms with E-state index in [0.29, 0.717) is 17.5 Å². The number of aromatic amines is 1. The summed E-state index contributed by atoms with van der Waals surface area (Å²) in [5.74, 6) is 2.13. The van der Waals surface area contributed by atoms with Crippen molar-refractivity contribution in [1.82, 2.24) is 9.88 Å². The van der Waals surface area contributed by atoms with E-state index in [1.165, 1.54) is 10.9 Å². The third kappa shape index (κ3) is 3.55. The first kappa shape index (κ1) is 19.8. The van der Waals surface area contributed by atoms with Gasteiger partial charge in [-0.15, -0.1) is 0 Å². The lowest BCUT2D eigenvalue weighted by molar-refractivity contribution is 0.0977. The zero-order chi connectivity index (χ0) is 21.7. The number of rotatable bonds is 4. The molecule has 0 bridgehead atoms. The Morgan fingerprint density at radius 1 is 1.06 bits per heavy atom. The largest absolute Gasteiger partial charge is 0.454 e. The lowest BCUT2D eigenvalue weighted by atomic mass is 9.89. The lowest BCUT2D eigenvalue weighted by Gasteiger charge is -2.32. The Balaban J connectivity index is 1.08. The topological polar surface area (TPSA) is 67.0 Å². The number of ether oxygens (including phenoxy) is 3. The highest BCUT2D eigenvalue weighted by Gasteiger charge is 2.34. The summed E-state index contributed by atoms with van der Waals surface area (Å²) in [6.45, 7) is 3.58. The number of nitrogens with one attached hydrogen (secondary N) is 1. The molecule has 3 aromatic rings. The van der Waals surface area contributed by atoms with E-state index in [9.17, 15) is 4.79 Å². The summed E-state index contributed by atoms with van der Waals surface area (Å²) in [7, 11) is 0. The minimum absolute atomic E-state index is 0.123. The second kappa shape index (κ2) is 7.90. The Labute approximate surface area is 190 Å². The minimum atomic E-state index is -0.287. The molecule has 8 heteroatoms. The van der Waals surface area contributed by atoms with Gasteiger partial charge in [0.15, 0.2) is 11.5 Å². The minimum Gasteiger partial charge on any atom is -0.454 e. The first-order valence-corrected chi connectivity index (χ1v) is 11.4. The summed E-state index contributed by atoms with van der Waals surface area (Å²) in [5.41, 5.74) is 3.26. The maximum absolute atomic E-state index is 12.4. The average Bonchev–Trinajstić information content (AvgIpc) is 3.51. The van der Waals surface area contributed by atoms with Crippen molar-refractivity contribution in [1.29, 1.82) is 0 Å². The maximum Gasteiger partial charge on any atom is 0.414 e.